The molecule has 1 aromatic carbocycles. The van der Waals surface area contributed by atoms with Gasteiger partial charge < -0.3 is 15.0 Å². The van der Waals surface area contributed by atoms with Crippen LogP contribution in [-0.2, 0) is 4.79 Å². The molecule has 4 rings (SSSR count). The predicted molar refractivity (Wildman–Crippen MR) is 119 cm³/mol. The Morgan fingerprint density at radius 1 is 1.10 bits per heavy atom. The molecule has 0 aromatic heterocycles. The highest BCUT2D eigenvalue weighted by molar-refractivity contribution is 6.35. The van der Waals surface area contributed by atoms with Crippen LogP contribution in [0.1, 0.15) is 23.1 Å². The molecule has 0 radical (unpaired) electrons. The van der Waals surface area contributed by atoms with Gasteiger partial charge in [-0.2, -0.15) is 0 Å². The van der Waals surface area contributed by atoms with Gasteiger partial charge in [-0.15, -0.1) is 0 Å². The Hall–Kier alpha value is -3.18. The number of hydrogen-bond donors (Lipinski definition) is 1. The Kier molecular flexibility index (Phi) is 5.55. The van der Waals surface area contributed by atoms with Crippen LogP contribution in [0.4, 0.5) is 10.1 Å². The number of amides is 1. The Labute approximate surface area is 176 Å². The van der Waals surface area contributed by atoms with Gasteiger partial charge in [0.2, 0.25) is 0 Å². The first-order chi connectivity index (χ1) is 14.5. The molecule has 0 atom stereocenters. The standard InChI is InChI=1S/C25H25FN2O2/c1-16-14-17(15-20-19-9-6-10-21(26)24(19)27-25(20)29)18-8-4-5-11-22(23(16)18)30-13-7-12-28(2)3/h4-6,8-11,14-15H,7,12-13H2,1-3H3,(H,27,29). The van der Waals surface area contributed by atoms with Gasteiger partial charge in [-0.25, -0.2) is 4.39 Å². The van der Waals surface area contributed by atoms with E-state index in [9.17, 15) is 9.18 Å². The minimum atomic E-state index is -0.424. The lowest BCUT2D eigenvalue weighted by Gasteiger charge is -2.12. The van der Waals surface area contributed by atoms with E-state index < -0.39 is 5.82 Å². The number of nitrogens with one attached hydrogen (secondary N) is 1. The number of ether oxygens (including phenoxy) is 1. The number of carbonyl (C=O) groups is 1. The lowest BCUT2D eigenvalue weighted by Crippen LogP contribution is -2.15. The fourth-order valence-electron chi connectivity index (χ4n) is 3.90. The molecule has 1 aliphatic heterocycles. The Balaban J connectivity index is 1.70. The Bertz CT molecular complexity index is 1100. The molecular weight excluding hydrogens is 379 g/mol. The second kappa shape index (κ2) is 8.28. The van der Waals surface area contributed by atoms with Gasteiger partial charge in [0, 0.05) is 23.2 Å². The second-order valence-corrected chi connectivity index (χ2v) is 7.83. The number of aryl methyl sites for hydroxylation is 1. The SMILES string of the molecule is Cc1cc(C=C2C(=O)Nc3c(F)cccc32)c2ccccc(OCCCN(C)C)c1-2. The van der Waals surface area contributed by atoms with Gasteiger partial charge in [-0.3, -0.25) is 4.79 Å². The molecule has 0 saturated carbocycles. The van der Waals surface area contributed by atoms with E-state index in [1.807, 2.05) is 51.4 Å². The first kappa shape index (κ1) is 20.1. The van der Waals surface area contributed by atoms with E-state index in [-0.39, 0.29) is 11.6 Å². The molecule has 2 aliphatic carbocycles. The van der Waals surface area contributed by atoms with E-state index in [2.05, 4.69) is 16.3 Å². The summed E-state index contributed by atoms with van der Waals surface area (Å²) < 4.78 is 20.2. The van der Waals surface area contributed by atoms with Gasteiger partial charge in [-0.1, -0.05) is 36.4 Å². The van der Waals surface area contributed by atoms with Gasteiger partial charge in [0.15, 0.2) is 0 Å². The average Bonchev–Trinajstić information content (AvgIpc) is 3.08. The summed E-state index contributed by atoms with van der Waals surface area (Å²) in [7, 11) is 4.09. The van der Waals surface area contributed by atoms with Gasteiger partial charge in [-0.05, 0) is 62.3 Å². The van der Waals surface area contributed by atoms with E-state index in [1.54, 1.807) is 12.1 Å². The third kappa shape index (κ3) is 3.81. The Morgan fingerprint density at radius 2 is 1.87 bits per heavy atom. The van der Waals surface area contributed by atoms with Crippen LogP contribution < -0.4 is 10.1 Å². The average molecular weight is 404 g/mol. The molecule has 0 spiro atoms. The van der Waals surface area contributed by atoms with Crippen molar-refractivity contribution in [2.24, 2.45) is 0 Å². The highest BCUT2D eigenvalue weighted by Crippen LogP contribution is 2.42. The number of halogens is 1. The van der Waals surface area contributed by atoms with Crippen molar-refractivity contribution in [3.63, 3.8) is 0 Å². The maximum Gasteiger partial charge on any atom is 0.256 e. The minimum Gasteiger partial charge on any atom is -0.493 e. The molecule has 154 valence electrons. The normalized spacial score (nSPS) is 14.4. The van der Waals surface area contributed by atoms with Gasteiger partial charge in [0.25, 0.3) is 5.91 Å². The Morgan fingerprint density at radius 3 is 2.67 bits per heavy atom. The van der Waals surface area contributed by atoms with Crippen molar-refractivity contribution >= 4 is 23.2 Å². The van der Waals surface area contributed by atoms with Crippen LogP contribution in [0.15, 0.2) is 48.5 Å². The molecule has 1 amide bonds. The molecule has 3 aliphatic rings. The number of rotatable bonds is 6. The zero-order chi connectivity index (χ0) is 21.3. The molecule has 1 N–H and O–H groups in total. The molecule has 30 heavy (non-hydrogen) atoms. The van der Waals surface area contributed by atoms with Crippen molar-refractivity contribution in [3.8, 4) is 16.9 Å². The monoisotopic (exact) mass is 404 g/mol. The number of hydrogen-bond acceptors (Lipinski definition) is 3. The first-order valence-corrected chi connectivity index (χ1v) is 10.1. The predicted octanol–water partition coefficient (Wildman–Crippen LogP) is 5.06. The summed E-state index contributed by atoms with van der Waals surface area (Å²) in [5, 5.41) is 2.64. The number of fused-ring (bicyclic) bond motifs is 2. The molecule has 1 aromatic rings. The number of carbonyl (C=O) groups excluding carboxylic acids is 1. The zero-order valence-corrected chi connectivity index (χ0v) is 17.5. The quantitative estimate of drug-likeness (QED) is 0.461. The van der Waals surface area contributed by atoms with Crippen molar-refractivity contribution in [1.29, 1.82) is 0 Å². The zero-order valence-electron chi connectivity index (χ0n) is 17.5. The number of para-hydroxylation sites is 1. The molecule has 1 heterocycles. The number of nitrogens with zero attached hydrogens (tertiary/aromatic N) is 1. The summed E-state index contributed by atoms with van der Waals surface area (Å²) >= 11 is 0. The third-order valence-corrected chi connectivity index (χ3v) is 5.31. The molecular formula is C25H25FN2O2. The number of benzene rings is 1. The van der Waals surface area contributed by atoms with Crippen molar-refractivity contribution in [2.45, 2.75) is 13.3 Å². The second-order valence-electron chi connectivity index (χ2n) is 7.83. The minimum absolute atomic E-state index is 0.247. The van der Waals surface area contributed by atoms with Crippen LogP contribution >= 0.6 is 0 Å². The lowest BCUT2D eigenvalue weighted by molar-refractivity contribution is -0.110. The maximum atomic E-state index is 14.1. The molecule has 0 saturated heterocycles. The summed E-state index contributed by atoms with van der Waals surface area (Å²) in [6, 6.07) is 14.7. The van der Waals surface area contributed by atoms with Gasteiger partial charge >= 0.3 is 0 Å². The highest BCUT2D eigenvalue weighted by Gasteiger charge is 2.27. The van der Waals surface area contributed by atoms with Crippen LogP contribution in [-0.4, -0.2) is 38.1 Å². The topological polar surface area (TPSA) is 41.6 Å². The number of anilines is 1. The summed E-state index contributed by atoms with van der Waals surface area (Å²) in [4.78, 5) is 14.6. The van der Waals surface area contributed by atoms with Crippen LogP contribution in [0.25, 0.3) is 22.8 Å². The largest absolute Gasteiger partial charge is 0.493 e. The lowest BCUT2D eigenvalue weighted by atomic mass is 10.0. The van der Waals surface area contributed by atoms with Gasteiger partial charge in [0.05, 0.1) is 12.3 Å². The van der Waals surface area contributed by atoms with E-state index in [0.717, 1.165) is 41.0 Å². The van der Waals surface area contributed by atoms with E-state index in [4.69, 9.17) is 4.74 Å². The summed E-state index contributed by atoms with van der Waals surface area (Å²) in [5.74, 6) is 0.119. The summed E-state index contributed by atoms with van der Waals surface area (Å²) in [6.07, 6.45) is 2.78. The smallest absolute Gasteiger partial charge is 0.256 e. The summed E-state index contributed by atoms with van der Waals surface area (Å²) in [5.41, 5.74) is 5.34. The van der Waals surface area contributed by atoms with Crippen LogP contribution in [0, 0.1) is 12.7 Å². The molecule has 4 nitrogen and oxygen atoms in total. The highest BCUT2D eigenvalue weighted by atomic mass is 19.1. The van der Waals surface area contributed by atoms with E-state index in [0.29, 0.717) is 17.7 Å². The van der Waals surface area contributed by atoms with E-state index >= 15 is 0 Å². The van der Waals surface area contributed by atoms with Crippen molar-refractivity contribution in [1.82, 2.24) is 4.90 Å². The van der Waals surface area contributed by atoms with Crippen molar-refractivity contribution in [3.05, 3.63) is 71.0 Å². The van der Waals surface area contributed by atoms with Crippen molar-refractivity contribution in [2.75, 3.05) is 32.6 Å². The van der Waals surface area contributed by atoms with Crippen molar-refractivity contribution < 1.29 is 13.9 Å². The van der Waals surface area contributed by atoms with E-state index in [1.165, 1.54) is 6.07 Å². The van der Waals surface area contributed by atoms with Gasteiger partial charge in [0.1, 0.15) is 11.6 Å². The molecule has 0 unspecified atom stereocenters. The fraction of sp³-hybridized carbons (Fsp3) is 0.240. The third-order valence-electron chi connectivity index (χ3n) is 5.31. The van der Waals surface area contributed by atoms with Crippen LogP contribution in [0.3, 0.4) is 0 Å². The fourth-order valence-corrected chi connectivity index (χ4v) is 3.90. The molecule has 5 heteroatoms. The van der Waals surface area contributed by atoms with Crippen LogP contribution in [0.5, 0.6) is 5.75 Å². The molecule has 0 bridgehead atoms. The first-order valence-electron chi connectivity index (χ1n) is 10.1. The molecule has 0 fully saturated rings. The summed E-state index contributed by atoms with van der Waals surface area (Å²) in [6.45, 7) is 3.64. The van der Waals surface area contributed by atoms with Crippen LogP contribution in [0.2, 0.25) is 0 Å². The maximum absolute atomic E-state index is 14.1.